The van der Waals surface area contributed by atoms with Crippen molar-refractivity contribution in [2.45, 2.75) is 19.9 Å². The predicted molar refractivity (Wildman–Crippen MR) is 102 cm³/mol. The minimum atomic E-state index is -0.704. The molecule has 1 heterocycles. The second-order valence-electron chi connectivity index (χ2n) is 5.97. The zero-order chi connectivity index (χ0) is 21.0. The topological polar surface area (TPSA) is 132 Å². The highest BCUT2D eigenvalue weighted by Gasteiger charge is 2.27. The van der Waals surface area contributed by atoms with Gasteiger partial charge in [0, 0.05) is 18.8 Å². The number of aromatic nitrogens is 2. The number of aryl methyl sites for hydroxylation is 1. The number of hydrogen-bond acceptors (Lipinski definition) is 6. The Morgan fingerprint density at radius 1 is 1.43 bits per heavy atom. The Labute approximate surface area is 168 Å². The van der Waals surface area contributed by atoms with Gasteiger partial charge in [0.05, 0.1) is 10.0 Å². The highest BCUT2D eigenvalue weighted by Crippen LogP contribution is 2.24. The van der Waals surface area contributed by atoms with Crippen LogP contribution in [0.25, 0.3) is 0 Å². The molecule has 0 atom stereocenters. The Morgan fingerprint density at radius 3 is 2.68 bits per heavy atom. The maximum Gasteiger partial charge on any atom is 0.275 e. The van der Waals surface area contributed by atoms with Gasteiger partial charge in [0.25, 0.3) is 11.8 Å². The number of nitrogens with one attached hydrogen (secondary N) is 2. The second-order valence-corrected chi connectivity index (χ2v) is 6.77. The zero-order valence-electron chi connectivity index (χ0n) is 15.1. The largest absolute Gasteiger partial charge is 0.410 e. The van der Waals surface area contributed by atoms with Gasteiger partial charge in [0.15, 0.2) is 5.71 Å². The molecule has 0 aliphatic rings. The van der Waals surface area contributed by atoms with Gasteiger partial charge in [0.2, 0.25) is 0 Å². The first kappa shape index (κ1) is 21.0. The van der Waals surface area contributed by atoms with Gasteiger partial charge in [-0.1, -0.05) is 5.16 Å². The summed E-state index contributed by atoms with van der Waals surface area (Å²) in [6.45, 7) is 3.47. The number of carbonyl (C=O) groups is 2. The van der Waals surface area contributed by atoms with Crippen LogP contribution in [-0.4, -0.2) is 38.6 Å². The first-order valence-electron chi connectivity index (χ1n) is 7.96. The highest BCUT2D eigenvalue weighted by atomic mass is 79.9. The molecule has 0 saturated heterocycles. The molecule has 2 aromatic rings. The van der Waals surface area contributed by atoms with Crippen LogP contribution in [0.1, 0.15) is 35.6 Å². The molecule has 11 heteroatoms. The van der Waals surface area contributed by atoms with Gasteiger partial charge in [-0.2, -0.15) is 10.4 Å². The van der Waals surface area contributed by atoms with E-state index in [4.69, 9.17) is 5.26 Å². The van der Waals surface area contributed by atoms with Crippen molar-refractivity contribution in [1.29, 1.82) is 5.26 Å². The van der Waals surface area contributed by atoms with Crippen LogP contribution < -0.4 is 10.6 Å². The van der Waals surface area contributed by atoms with E-state index in [0.717, 1.165) is 6.07 Å². The summed E-state index contributed by atoms with van der Waals surface area (Å²) in [6.07, 6.45) is 0. The summed E-state index contributed by atoms with van der Waals surface area (Å²) in [5.41, 5.74) is -0.404. The molecular formula is C17H16BrFN6O3. The molecular weight excluding hydrogens is 435 g/mol. The van der Waals surface area contributed by atoms with E-state index in [1.807, 2.05) is 0 Å². The normalized spacial score (nSPS) is 11.2. The molecule has 0 aliphatic carbocycles. The van der Waals surface area contributed by atoms with Crippen LogP contribution in [0.2, 0.25) is 0 Å². The Kier molecular flexibility index (Phi) is 6.48. The summed E-state index contributed by atoms with van der Waals surface area (Å²) >= 11 is 3.20. The van der Waals surface area contributed by atoms with Crippen LogP contribution in [-0.2, 0) is 11.8 Å². The number of anilines is 1. The molecule has 0 radical (unpaired) electrons. The number of amides is 2. The number of hydrogen-bond donors (Lipinski definition) is 3. The van der Waals surface area contributed by atoms with Gasteiger partial charge in [-0.25, -0.2) is 4.39 Å². The molecule has 3 N–H and O–H groups in total. The van der Waals surface area contributed by atoms with Crippen molar-refractivity contribution in [1.82, 2.24) is 15.1 Å². The van der Waals surface area contributed by atoms with Crippen LogP contribution >= 0.6 is 15.9 Å². The Morgan fingerprint density at radius 2 is 2.11 bits per heavy atom. The summed E-state index contributed by atoms with van der Waals surface area (Å²) in [5.74, 6) is -2.00. The van der Waals surface area contributed by atoms with Gasteiger partial charge in [-0.15, -0.1) is 0 Å². The molecule has 0 unspecified atom stereocenters. The molecule has 0 aliphatic heterocycles. The highest BCUT2D eigenvalue weighted by molar-refractivity contribution is 9.10. The number of benzene rings is 1. The van der Waals surface area contributed by atoms with Crippen LogP contribution in [0.5, 0.6) is 0 Å². The Balaban J connectivity index is 2.36. The van der Waals surface area contributed by atoms with Gasteiger partial charge in [-0.3, -0.25) is 14.3 Å². The average Bonchev–Trinajstić information content (AvgIpc) is 2.91. The standard InChI is InChI=1S/C17H16BrFN6O3/c1-8(2)21-16(26)14(24-28)13-12(18)15(25(3)23-13)17(27)22-10-4-5-11(19)9(6-10)7-20/h4-6,8,28H,1-3H3,(H,21,26)(H,22,27)/b24-14+. The number of rotatable bonds is 5. The van der Waals surface area contributed by atoms with Crippen molar-refractivity contribution >= 4 is 39.1 Å². The quantitative estimate of drug-likeness (QED) is 0.364. The number of halogens is 2. The third-order valence-corrected chi connectivity index (χ3v) is 4.26. The van der Waals surface area contributed by atoms with E-state index in [9.17, 15) is 19.2 Å². The maximum atomic E-state index is 13.4. The molecule has 28 heavy (non-hydrogen) atoms. The lowest BCUT2D eigenvalue weighted by Crippen LogP contribution is -2.36. The summed E-state index contributed by atoms with van der Waals surface area (Å²) in [4.78, 5) is 24.8. The molecule has 9 nitrogen and oxygen atoms in total. The molecule has 0 spiro atoms. The van der Waals surface area contributed by atoms with Crippen molar-refractivity contribution < 1.29 is 19.2 Å². The van der Waals surface area contributed by atoms with Crippen LogP contribution in [0.15, 0.2) is 27.8 Å². The Bertz CT molecular complexity index is 1010. The maximum absolute atomic E-state index is 13.4. The lowest BCUT2D eigenvalue weighted by molar-refractivity contribution is -0.115. The van der Waals surface area contributed by atoms with E-state index in [0.29, 0.717) is 0 Å². The third-order valence-electron chi connectivity index (χ3n) is 3.51. The van der Waals surface area contributed by atoms with E-state index in [1.165, 1.54) is 23.9 Å². The summed E-state index contributed by atoms with van der Waals surface area (Å²) in [5, 5.41) is 30.3. The third kappa shape index (κ3) is 4.34. The van der Waals surface area contributed by atoms with Gasteiger partial charge < -0.3 is 15.8 Å². The fourth-order valence-electron chi connectivity index (χ4n) is 2.31. The van der Waals surface area contributed by atoms with E-state index in [2.05, 4.69) is 36.8 Å². The van der Waals surface area contributed by atoms with Crippen molar-refractivity contribution in [2.75, 3.05) is 5.32 Å². The van der Waals surface area contributed by atoms with Crippen LogP contribution in [0.4, 0.5) is 10.1 Å². The molecule has 0 fully saturated rings. The van der Waals surface area contributed by atoms with E-state index in [1.54, 1.807) is 19.9 Å². The van der Waals surface area contributed by atoms with E-state index < -0.39 is 17.6 Å². The summed E-state index contributed by atoms with van der Waals surface area (Å²) in [6, 6.07) is 5.03. The predicted octanol–water partition coefficient (Wildman–Crippen LogP) is 2.15. The molecule has 2 rings (SSSR count). The Hall–Kier alpha value is -3.26. The second kappa shape index (κ2) is 8.62. The number of nitriles is 1. The average molecular weight is 451 g/mol. The van der Waals surface area contributed by atoms with Gasteiger partial charge in [-0.05, 0) is 48.0 Å². The van der Waals surface area contributed by atoms with Crippen molar-refractivity contribution in [3.8, 4) is 6.07 Å². The molecule has 2 amide bonds. The molecule has 0 bridgehead atoms. The monoisotopic (exact) mass is 450 g/mol. The minimum absolute atomic E-state index is 0.0244. The van der Waals surface area contributed by atoms with Gasteiger partial charge in [0.1, 0.15) is 23.3 Å². The number of carbonyl (C=O) groups excluding carboxylic acids is 2. The molecule has 1 aromatic heterocycles. The van der Waals surface area contributed by atoms with Crippen LogP contribution in [0.3, 0.4) is 0 Å². The fraction of sp³-hybridized carbons (Fsp3) is 0.235. The number of nitrogens with zero attached hydrogens (tertiary/aromatic N) is 4. The fourth-order valence-corrected chi connectivity index (χ4v) is 3.01. The lowest BCUT2D eigenvalue weighted by atomic mass is 10.2. The smallest absolute Gasteiger partial charge is 0.275 e. The molecule has 0 saturated carbocycles. The first-order chi connectivity index (χ1) is 13.2. The van der Waals surface area contributed by atoms with Crippen molar-refractivity contribution in [3.05, 3.63) is 45.4 Å². The first-order valence-corrected chi connectivity index (χ1v) is 8.75. The van der Waals surface area contributed by atoms with Crippen molar-refractivity contribution in [2.24, 2.45) is 12.2 Å². The SMILES string of the molecule is CC(C)NC(=O)/C(=N/O)c1nn(C)c(C(=O)Nc2ccc(F)c(C#N)c2)c1Br. The summed E-state index contributed by atoms with van der Waals surface area (Å²) in [7, 11) is 1.46. The number of oxime groups is 1. The van der Waals surface area contributed by atoms with E-state index in [-0.39, 0.29) is 38.9 Å². The van der Waals surface area contributed by atoms with E-state index >= 15 is 0 Å². The lowest BCUT2D eigenvalue weighted by Gasteiger charge is -2.08. The van der Waals surface area contributed by atoms with Crippen molar-refractivity contribution in [3.63, 3.8) is 0 Å². The zero-order valence-corrected chi connectivity index (χ0v) is 16.7. The van der Waals surface area contributed by atoms with Gasteiger partial charge >= 0.3 is 0 Å². The summed E-state index contributed by atoms with van der Waals surface area (Å²) < 4.78 is 14.7. The molecule has 1 aromatic carbocycles. The minimum Gasteiger partial charge on any atom is -0.410 e. The van der Waals surface area contributed by atoms with Crippen LogP contribution in [0, 0.1) is 17.1 Å². The molecule has 146 valence electrons.